The molecule has 1 aromatic rings. The lowest BCUT2D eigenvalue weighted by Gasteiger charge is -2.09. The molecule has 0 unspecified atom stereocenters. The van der Waals surface area contributed by atoms with Crippen molar-refractivity contribution < 1.29 is 13.2 Å². The predicted molar refractivity (Wildman–Crippen MR) is 75.2 cm³/mol. The summed E-state index contributed by atoms with van der Waals surface area (Å²) >= 11 is 3.45. The smallest absolute Gasteiger partial charge is 0.208 e. The highest BCUT2D eigenvalue weighted by Gasteiger charge is 2.02. The zero-order valence-electron chi connectivity index (χ0n) is 10.4. The second-order valence-corrected chi connectivity index (χ2v) is 6.49. The van der Waals surface area contributed by atoms with Crippen LogP contribution < -0.4 is 14.8 Å². The van der Waals surface area contributed by atoms with Gasteiger partial charge >= 0.3 is 0 Å². The molecule has 0 atom stereocenters. The summed E-state index contributed by atoms with van der Waals surface area (Å²) in [5.74, 6) is 0.796. The fraction of sp³-hybridized carbons (Fsp3) is 0.455. The van der Waals surface area contributed by atoms with Crippen molar-refractivity contribution in [2.45, 2.75) is 6.54 Å². The molecule has 0 aliphatic rings. The Labute approximate surface area is 116 Å². The summed E-state index contributed by atoms with van der Waals surface area (Å²) in [6, 6.07) is 5.73. The van der Waals surface area contributed by atoms with E-state index in [2.05, 4.69) is 26.0 Å². The monoisotopic (exact) mass is 336 g/mol. The van der Waals surface area contributed by atoms with Crippen LogP contribution in [0, 0.1) is 0 Å². The lowest BCUT2D eigenvalue weighted by molar-refractivity contribution is 0.414. The van der Waals surface area contributed by atoms with Crippen LogP contribution in [0.1, 0.15) is 5.56 Å². The molecule has 0 bridgehead atoms. The van der Waals surface area contributed by atoms with Crippen LogP contribution in [0.25, 0.3) is 0 Å². The normalized spacial score (nSPS) is 11.5. The molecule has 2 N–H and O–H groups in total. The zero-order chi connectivity index (χ0) is 13.6. The van der Waals surface area contributed by atoms with E-state index >= 15 is 0 Å². The van der Waals surface area contributed by atoms with Gasteiger partial charge in [-0.3, -0.25) is 0 Å². The molecule has 1 rings (SSSR count). The maximum Gasteiger partial charge on any atom is 0.208 e. The van der Waals surface area contributed by atoms with Crippen molar-refractivity contribution in [2.75, 3.05) is 26.5 Å². The van der Waals surface area contributed by atoms with Crippen LogP contribution in [-0.4, -0.2) is 34.9 Å². The topological polar surface area (TPSA) is 67.4 Å². The van der Waals surface area contributed by atoms with Gasteiger partial charge in [0.05, 0.1) is 13.4 Å². The van der Waals surface area contributed by atoms with Gasteiger partial charge in [-0.25, -0.2) is 13.1 Å². The van der Waals surface area contributed by atoms with E-state index < -0.39 is 10.0 Å². The van der Waals surface area contributed by atoms with Crippen LogP contribution in [0.15, 0.2) is 22.7 Å². The summed E-state index contributed by atoms with van der Waals surface area (Å²) in [6.45, 7) is 1.58. The van der Waals surface area contributed by atoms with Crippen molar-refractivity contribution in [2.24, 2.45) is 0 Å². The molecule has 18 heavy (non-hydrogen) atoms. The minimum Gasteiger partial charge on any atom is -0.497 e. The van der Waals surface area contributed by atoms with Crippen LogP contribution in [0.2, 0.25) is 0 Å². The Balaban J connectivity index is 2.39. The molecule has 0 aliphatic carbocycles. The van der Waals surface area contributed by atoms with Crippen molar-refractivity contribution in [3.8, 4) is 5.75 Å². The third kappa shape index (κ3) is 5.81. The van der Waals surface area contributed by atoms with E-state index in [0.29, 0.717) is 19.6 Å². The molecule has 1 aromatic carbocycles. The van der Waals surface area contributed by atoms with Crippen molar-refractivity contribution in [3.05, 3.63) is 28.2 Å². The number of hydrogen-bond acceptors (Lipinski definition) is 4. The summed E-state index contributed by atoms with van der Waals surface area (Å²) in [6.07, 6.45) is 1.14. The van der Waals surface area contributed by atoms with Crippen molar-refractivity contribution in [3.63, 3.8) is 0 Å². The third-order valence-electron chi connectivity index (χ3n) is 2.23. The largest absolute Gasteiger partial charge is 0.497 e. The van der Waals surface area contributed by atoms with Gasteiger partial charge in [0.1, 0.15) is 5.75 Å². The Morgan fingerprint density at radius 1 is 1.33 bits per heavy atom. The third-order valence-corrected chi connectivity index (χ3v) is 3.74. The molecule has 102 valence electrons. The first kappa shape index (κ1) is 15.4. The molecular formula is C11H17BrN2O3S. The van der Waals surface area contributed by atoms with E-state index in [1.54, 1.807) is 7.11 Å². The molecule has 0 aromatic heterocycles. The molecule has 7 heteroatoms. The molecule has 0 saturated carbocycles. The van der Waals surface area contributed by atoms with Crippen LogP contribution in [-0.2, 0) is 16.6 Å². The molecule has 0 fully saturated rings. The number of sulfonamides is 1. The van der Waals surface area contributed by atoms with E-state index in [9.17, 15) is 8.42 Å². The Hall–Kier alpha value is -0.630. The Morgan fingerprint density at radius 3 is 2.67 bits per heavy atom. The number of hydrogen-bond donors (Lipinski definition) is 2. The first-order valence-corrected chi connectivity index (χ1v) is 8.08. The predicted octanol–water partition coefficient (Wildman–Crippen LogP) is 1.10. The molecule has 0 heterocycles. The summed E-state index contributed by atoms with van der Waals surface area (Å²) in [5.41, 5.74) is 1.06. The van der Waals surface area contributed by atoms with Crippen LogP contribution in [0.4, 0.5) is 0 Å². The van der Waals surface area contributed by atoms with Crippen molar-refractivity contribution in [1.29, 1.82) is 0 Å². The number of rotatable bonds is 7. The van der Waals surface area contributed by atoms with Gasteiger partial charge in [0.25, 0.3) is 0 Å². The zero-order valence-corrected chi connectivity index (χ0v) is 12.8. The SMILES string of the molecule is COc1ccc(Br)c(CNCCNS(C)(=O)=O)c1. The first-order valence-electron chi connectivity index (χ1n) is 5.40. The number of nitrogens with one attached hydrogen (secondary N) is 2. The minimum absolute atomic E-state index is 0.375. The highest BCUT2D eigenvalue weighted by atomic mass is 79.9. The fourth-order valence-corrected chi connectivity index (χ4v) is 2.22. The average molecular weight is 337 g/mol. The average Bonchev–Trinajstić information content (AvgIpc) is 2.29. The number of ether oxygens (including phenoxy) is 1. The molecule has 0 amide bonds. The molecule has 0 radical (unpaired) electrons. The van der Waals surface area contributed by atoms with E-state index in [4.69, 9.17) is 4.74 Å². The van der Waals surface area contributed by atoms with Gasteiger partial charge in [0.2, 0.25) is 10.0 Å². The number of halogens is 1. The van der Waals surface area contributed by atoms with Gasteiger partial charge in [0, 0.05) is 24.1 Å². The van der Waals surface area contributed by atoms with Crippen LogP contribution >= 0.6 is 15.9 Å². The van der Waals surface area contributed by atoms with Gasteiger partial charge in [-0.15, -0.1) is 0 Å². The lowest BCUT2D eigenvalue weighted by atomic mass is 10.2. The fourth-order valence-electron chi connectivity index (χ4n) is 1.36. The van der Waals surface area contributed by atoms with Gasteiger partial charge < -0.3 is 10.1 Å². The first-order chi connectivity index (χ1) is 8.42. The van der Waals surface area contributed by atoms with Crippen LogP contribution in [0.5, 0.6) is 5.75 Å². The molecule has 0 spiro atoms. The minimum atomic E-state index is -3.11. The molecule has 5 nitrogen and oxygen atoms in total. The lowest BCUT2D eigenvalue weighted by Crippen LogP contribution is -2.30. The summed E-state index contributed by atoms with van der Waals surface area (Å²) in [7, 11) is -1.49. The molecule has 0 aliphatic heterocycles. The Bertz CT molecular complexity index is 491. The summed E-state index contributed by atoms with van der Waals surface area (Å²) in [5, 5.41) is 3.15. The highest BCUT2D eigenvalue weighted by molar-refractivity contribution is 9.10. The maximum absolute atomic E-state index is 10.8. The summed E-state index contributed by atoms with van der Waals surface area (Å²) < 4.78 is 30.2. The van der Waals surface area contributed by atoms with Gasteiger partial charge in [-0.05, 0) is 23.8 Å². The highest BCUT2D eigenvalue weighted by Crippen LogP contribution is 2.22. The van der Waals surface area contributed by atoms with Gasteiger partial charge in [-0.1, -0.05) is 15.9 Å². The van der Waals surface area contributed by atoms with E-state index in [-0.39, 0.29) is 0 Å². The van der Waals surface area contributed by atoms with Crippen molar-refractivity contribution in [1.82, 2.24) is 10.0 Å². The standard InChI is InChI=1S/C11H17BrN2O3S/c1-17-10-3-4-11(12)9(7-10)8-13-5-6-14-18(2,15)16/h3-4,7,13-14H,5-6,8H2,1-2H3. The molecular weight excluding hydrogens is 320 g/mol. The second-order valence-electron chi connectivity index (χ2n) is 3.80. The van der Waals surface area contributed by atoms with E-state index in [1.165, 1.54) is 0 Å². The quantitative estimate of drug-likeness (QED) is 0.731. The molecule has 0 saturated heterocycles. The Kier molecular flexibility index (Phi) is 6.07. The summed E-state index contributed by atoms with van der Waals surface area (Å²) in [4.78, 5) is 0. The van der Waals surface area contributed by atoms with E-state index in [0.717, 1.165) is 22.0 Å². The number of benzene rings is 1. The van der Waals surface area contributed by atoms with E-state index in [1.807, 2.05) is 18.2 Å². The maximum atomic E-state index is 10.8. The Morgan fingerprint density at radius 2 is 2.06 bits per heavy atom. The van der Waals surface area contributed by atoms with Gasteiger partial charge in [0.15, 0.2) is 0 Å². The van der Waals surface area contributed by atoms with Gasteiger partial charge in [-0.2, -0.15) is 0 Å². The second kappa shape index (κ2) is 7.08. The van der Waals surface area contributed by atoms with Crippen LogP contribution in [0.3, 0.4) is 0 Å². The van der Waals surface area contributed by atoms with Crippen molar-refractivity contribution >= 4 is 26.0 Å². The number of methoxy groups -OCH3 is 1.